The highest BCUT2D eigenvalue weighted by atomic mass is 32.1. The molecule has 2 amide bonds. The van der Waals surface area contributed by atoms with Crippen LogP contribution in [0.5, 0.6) is 0 Å². The third kappa shape index (κ3) is 3.16. The monoisotopic (exact) mass is 330 g/mol. The number of rotatable bonds is 3. The molecule has 0 spiro atoms. The van der Waals surface area contributed by atoms with Gasteiger partial charge < -0.3 is 10.2 Å². The average Bonchev–Trinajstić information content (AvgIpc) is 3.03. The van der Waals surface area contributed by atoms with Crippen molar-refractivity contribution in [1.82, 2.24) is 24.6 Å². The number of aromatic nitrogens is 4. The summed E-state index contributed by atoms with van der Waals surface area (Å²) in [6.45, 7) is 4.34. The molecule has 0 saturated carbocycles. The molecule has 8 heteroatoms. The van der Waals surface area contributed by atoms with E-state index in [0.29, 0.717) is 12.2 Å². The minimum atomic E-state index is -0.196. The second-order valence-corrected chi connectivity index (χ2v) is 6.51. The first-order valence-electron chi connectivity index (χ1n) is 7.16. The highest BCUT2D eigenvalue weighted by Crippen LogP contribution is 2.19. The Kier molecular flexibility index (Phi) is 3.99. The summed E-state index contributed by atoms with van der Waals surface area (Å²) in [4.78, 5) is 22.6. The van der Waals surface area contributed by atoms with Gasteiger partial charge in [0.1, 0.15) is 0 Å². The summed E-state index contributed by atoms with van der Waals surface area (Å²) in [7, 11) is 3.59. The van der Waals surface area contributed by atoms with Crippen molar-refractivity contribution in [3.8, 4) is 0 Å². The second kappa shape index (κ2) is 5.96. The first-order chi connectivity index (χ1) is 10.9. The van der Waals surface area contributed by atoms with Gasteiger partial charge in [0.25, 0.3) is 0 Å². The van der Waals surface area contributed by atoms with E-state index in [-0.39, 0.29) is 6.03 Å². The van der Waals surface area contributed by atoms with Crippen molar-refractivity contribution in [2.24, 2.45) is 7.05 Å². The summed E-state index contributed by atoms with van der Waals surface area (Å²) < 4.78 is 1.73. The molecule has 3 aromatic heterocycles. The molecule has 0 saturated heterocycles. The van der Waals surface area contributed by atoms with Gasteiger partial charge in [0, 0.05) is 24.9 Å². The van der Waals surface area contributed by atoms with E-state index < -0.39 is 0 Å². The van der Waals surface area contributed by atoms with Crippen molar-refractivity contribution in [2.45, 2.75) is 20.4 Å². The van der Waals surface area contributed by atoms with Crippen LogP contribution >= 0.6 is 11.3 Å². The summed E-state index contributed by atoms with van der Waals surface area (Å²) in [6.07, 6.45) is 1.64. The van der Waals surface area contributed by atoms with E-state index in [0.717, 1.165) is 27.4 Å². The summed E-state index contributed by atoms with van der Waals surface area (Å²) in [5, 5.41) is 11.1. The van der Waals surface area contributed by atoms with E-state index in [2.05, 4.69) is 20.4 Å². The predicted octanol–water partition coefficient (Wildman–Crippen LogP) is 2.71. The number of hydrogen-bond acceptors (Lipinski definition) is 5. The van der Waals surface area contributed by atoms with E-state index in [1.54, 1.807) is 34.2 Å². The van der Waals surface area contributed by atoms with E-state index >= 15 is 0 Å². The third-order valence-corrected chi connectivity index (χ3v) is 4.35. The maximum absolute atomic E-state index is 12.3. The number of fused-ring (bicyclic) bond motifs is 1. The van der Waals surface area contributed by atoms with Crippen molar-refractivity contribution < 1.29 is 4.79 Å². The van der Waals surface area contributed by atoms with Gasteiger partial charge in [-0.3, -0.25) is 4.68 Å². The fraction of sp³-hybridized carbons (Fsp3) is 0.333. The standard InChI is InChI=1S/C15H18N6OS/c1-9-13-5-11(6-16-14(13)21(4)19-9)18-15(22)20(3)7-12-8-23-10(2)17-12/h5-6,8H,7H2,1-4H3,(H,18,22). The Morgan fingerprint density at radius 1 is 1.43 bits per heavy atom. The molecule has 0 aliphatic rings. The topological polar surface area (TPSA) is 75.9 Å². The largest absolute Gasteiger partial charge is 0.322 e. The van der Waals surface area contributed by atoms with Crippen LogP contribution in [-0.4, -0.2) is 37.7 Å². The molecule has 0 aliphatic carbocycles. The minimum absolute atomic E-state index is 0.196. The van der Waals surface area contributed by atoms with Gasteiger partial charge >= 0.3 is 6.03 Å². The first-order valence-corrected chi connectivity index (χ1v) is 8.04. The smallest absolute Gasteiger partial charge is 0.321 e. The second-order valence-electron chi connectivity index (χ2n) is 5.45. The highest BCUT2D eigenvalue weighted by Gasteiger charge is 2.13. The van der Waals surface area contributed by atoms with Crippen LogP contribution in [0.1, 0.15) is 16.4 Å². The van der Waals surface area contributed by atoms with Crippen LogP contribution in [0, 0.1) is 13.8 Å². The van der Waals surface area contributed by atoms with Crippen LogP contribution in [0.4, 0.5) is 10.5 Å². The Balaban J connectivity index is 1.73. The highest BCUT2D eigenvalue weighted by molar-refractivity contribution is 7.09. The number of carbonyl (C=O) groups is 1. The number of anilines is 1. The third-order valence-electron chi connectivity index (χ3n) is 3.53. The van der Waals surface area contributed by atoms with Crippen LogP contribution in [-0.2, 0) is 13.6 Å². The first kappa shape index (κ1) is 15.4. The fourth-order valence-corrected chi connectivity index (χ4v) is 2.99. The lowest BCUT2D eigenvalue weighted by atomic mass is 10.2. The molecular formula is C15H18N6OS. The summed E-state index contributed by atoms with van der Waals surface area (Å²) in [5.74, 6) is 0. The van der Waals surface area contributed by atoms with Gasteiger partial charge in [0.2, 0.25) is 0 Å². The molecule has 0 atom stereocenters. The molecule has 0 radical (unpaired) electrons. The maximum Gasteiger partial charge on any atom is 0.321 e. The lowest BCUT2D eigenvalue weighted by molar-refractivity contribution is 0.220. The van der Waals surface area contributed by atoms with Crippen LogP contribution < -0.4 is 5.32 Å². The number of nitrogens with zero attached hydrogens (tertiary/aromatic N) is 5. The van der Waals surface area contributed by atoms with Crippen molar-refractivity contribution in [3.05, 3.63) is 34.0 Å². The van der Waals surface area contributed by atoms with Crippen LogP contribution in [0.15, 0.2) is 17.6 Å². The zero-order valence-electron chi connectivity index (χ0n) is 13.5. The van der Waals surface area contributed by atoms with Gasteiger partial charge in [0.15, 0.2) is 5.65 Å². The van der Waals surface area contributed by atoms with Gasteiger partial charge in [-0.05, 0) is 19.9 Å². The van der Waals surface area contributed by atoms with Gasteiger partial charge in [-0.25, -0.2) is 14.8 Å². The number of urea groups is 1. The molecule has 3 heterocycles. The van der Waals surface area contributed by atoms with E-state index in [1.165, 1.54) is 0 Å². The number of hydrogen-bond donors (Lipinski definition) is 1. The SMILES string of the molecule is Cc1nc(CN(C)C(=O)Nc2cnc3c(c2)c(C)nn3C)cs1. The Morgan fingerprint density at radius 3 is 2.91 bits per heavy atom. The van der Waals surface area contributed by atoms with Crippen LogP contribution in [0.2, 0.25) is 0 Å². The summed E-state index contributed by atoms with van der Waals surface area (Å²) in [5.41, 5.74) is 3.23. The van der Waals surface area contributed by atoms with Crippen molar-refractivity contribution in [3.63, 3.8) is 0 Å². The maximum atomic E-state index is 12.3. The number of thiazole rings is 1. The Hall–Kier alpha value is -2.48. The van der Waals surface area contributed by atoms with Gasteiger partial charge in [-0.2, -0.15) is 5.10 Å². The van der Waals surface area contributed by atoms with E-state index in [9.17, 15) is 4.79 Å². The molecule has 0 fully saturated rings. The molecule has 120 valence electrons. The Morgan fingerprint density at radius 2 is 2.22 bits per heavy atom. The van der Waals surface area contributed by atoms with Gasteiger partial charge in [0.05, 0.1) is 34.8 Å². The van der Waals surface area contributed by atoms with Crippen molar-refractivity contribution in [1.29, 1.82) is 0 Å². The molecule has 3 rings (SSSR count). The molecule has 0 aliphatic heterocycles. The molecule has 23 heavy (non-hydrogen) atoms. The van der Waals surface area contributed by atoms with E-state index in [4.69, 9.17) is 0 Å². The average molecular weight is 330 g/mol. The lowest BCUT2D eigenvalue weighted by Gasteiger charge is -2.16. The Bertz CT molecular complexity index is 868. The minimum Gasteiger partial charge on any atom is -0.322 e. The molecule has 0 aromatic carbocycles. The zero-order chi connectivity index (χ0) is 16.6. The van der Waals surface area contributed by atoms with Crippen molar-refractivity contribution in [2.75, 3.05) is 12.4 Å². The van der Waals surface area contributed by atoms with Gasteiger partial charge in [-0.1, -0.05) is 0 Å². The zero-order valence-corrected chi connectivity index (χ0v) is 14.3. The number of carbonyl (C=O) groups excluding carboxylic acids is 1. The number of nitrogens with one attached hydrogen (secondary N) is 1. The number of pyridine rings is 1. The molecule has 0 unspecified atom stereocenters. The summed E-state index contributed by atoms with van der Waals surface area (Å²) >= 11 is 1.58. The van der Waals surface area contributed by atoms with Crippen LogP contribution in [0.25, 0.3) is 11.0 Å². The Labute approximate surface area is 138 Å². The lowest BCUT2D eigenvalue weighted by Crippen LogP contribution is -2.31. The predicted molar refractivity (Wildman–Crippen MR) is 90.6 cm³/mol. The molecule has 1 N–H and O–H groups in total. The van der Waals surface area contributed by atoms with Gasteiger partial charge in [-0.15, -0.1) is 11.3 Å². The number of aryl methyl sites for hydroxylation is 3. The molecule has 7 nitrogen and oxygen atoms in total. The molecule has 0 bridgehead atoms. The van der Waals surface area contributed by atoms with E-state index in [1.807, 2.05) is 32.3 Å². The van der Waals surface area contributed by atoms with Crippen molar-refractivity contribution >= 4 is 34.1 Å². The summed E-state index contributed by atoms with van der Waals surface area (Å²) in [6, 6.07) is 1.70. The molecular weight excluding hydrogens is 312 g/mol. The van der Waals surface area contributed by atoms with Crippen LogP contribution in [0.3, 0.4) is 0 Å². The number of amides is 2. The fourth-order valence-electron chi connectivity index (χ4n) is 2.39. The quantitative estimate of drug-likeness (QED) is 0.801. The molecule has 3 aromatic rings. The normalized spacial score (nSPS) is 11.0.